The minimum Gasteiger partial charge on any atom is -0.565 e. The zero-order valence-corrected chi connectivity index (χ0v) is 32.2. The van der Waals surface area contributed by atoms with Crippen LogP contribution in [-0.4, -0.2) is 301 Å². The smallest absolute Gasteiger partial charge is 0.565 e. The molecule has 0 spiro atoms. The van der Waals surface area contributed by atoms with Gasteiger partial charge < -0.3 is 150 Å². The Morgan fingerprint density at radius 1 is 0.200 bits per heavy atom. The molecule has 0 aliphatic heterocycles. The van der Waals surface area contributed by atoms with Crippen molar-refractivity contribution in [2.45, 2.75) is 0 Å². The van der Waals surface area contributed by atoms with E-state index >= 15 is 0 Å². The summed E-state index contributed by atoms with van der Waals surface area (Å²) in [5, 5.41) is 153. The predicted molar refractivity (Wildman–Crippen MR) is 109 cm³/mol. The predicted octanol–water partition coefficient (Wildman–Crippen LogP) is -13.0. The SMILES string of the molecule is O=C([O-])O.O=C([O-])O.O=C([O-])O.O=C([O-])O.O=C([O-])O.O=C([O-])O.O=C([O-])O.O=C([O-])O.O=C([O-])O.O=C([O-])O.[Ca+2].[Ca+2].[Ca+2].[Ca+2].[Ca+2]. The minimum absolute atomic E-state index is 0. The molecule has 0 atom stereocenters. The molecular weight excluding hydrogens is 800 g/mol. The van der Waals surface area contributed by atoms with Crippen LogP contribution in [0.15, 0.2) is 0 Å². The third-order valence-corrected chi connectivity index (χ3v) is 0. The first kappa shape index (κ1) is 96.7. The summed E-state index contributed by atoms with van der Waals surface area (Å²) in [7, 11) is 0. The molecule has 0 saturated carbocycles. The Hall–Kier alpha value is -1.00. The molecule has 0 aromatic rings. The van der Waals surface area contributed by atoms with Crippen LogP contribution in [0.3, 0.4) is 0 Å². The molecule has 35 heteroatoms. The molecule has 0 aliphatic carbocycles. The second-order valence-corrected chi connectivity index (χ2v) is 2.66. The summed E-state index contributed by atoms with van der Waals surface area (Å²) < 4.78 is 0. The average Bonchev–Trinajstić information content (AvgIpc) is 2.47. The van der Waals surface area contributed by atoms with Crippen LogP contribution in [0.1, 0.15) is 0 Å². The van der Waals surface area contributed by atoms with E-state index < -0.39 is 61.6 Å². The Morgan fingerprint density at radius 3 is 0.200 bits per heavy atom. The van der Waals surface area contributed by atoms with E-state index in [2.05, 4.69) is 0 Å². The normalized spacial score (nSPS) is 5.33. The second-order valence-electron chi connectivity index (χ2n) is 2.66. The molecule has 0 rings (SSSR count). The van der Waals surface area contributed by atoms with E-state index in [1.807, 2.05) is 0 Å². The molecule has 240 valence electrons. The minimum atomic E-state index is -2.08. The van der Waals surface area contributed by atoms with Crippen molar-refractivity contribution in [2.24, 2.45) is 0 Å². The van der Waals surface area contributed by atoms with Crippen molar-refractivity contribution in [3.8, 4) is 0 Å². The molecule has 10 N–H and O–H groups in total. The van der Waals surface area contributed by atoms with Gasteiger partial charge in [0.1, 0.15) is 0 Å². The number of carbonyl (C=O) groups is 10. The Labute approximate surface area is 393 Å². The van der Waals surface area contributed by atoms with E-state index in [-0.39, 0.29) is 189 Å². The summed E-state index contributed by atoms with van der Waals surface area (Å²) in [4.78, 5) is 84.4. The molecule has 0 bridgehead atoms. The molecule has 0 amide bonds. The molecule has 45 heavy (non-hydrogen) atoms. The van der Waals surface area contributed by atoms with E-state index in [0.717, 1.165) is 0 Å². The molecule has 0 aliphatic rings. The molecule has 0 fully saturated rings. The fraction of sp³-hybridized carbons (Fsp3) is 0. The second kappa shape index (κ2) is 90.2. The van der Waals surface area contributed by atoms with Gasteiger partial charge in [-0.3, -0.25) is 0 Å². The van der Waals surface area contributed by atoms with Gasteiger partial charge in [-0.2, -0.15) is 0 Å². The zero-order valence-electron chi connectivity index (χ0n) is 21.2. The third-order valence-electron chi connectivity index (χ3n) is 0. The van der Waals surface area contributed by atoms with Crippen LogP contribution in [0.2, 0.25) is 0 Å². The fourth-order valence-electron chi connectivity index (χ4n) is 0. The van der Waals surface area contributed by atoms with Gasteiger partial charge in [0, 0.05) is 0 Å². The van der Waals surface area contributed by atoms with Gasteiger partial charge in [0.15, 0.2) is 0 Å². The van der Waals surface area contributed by atoms with E-state index in [1.54, 1.807) is 0 Å². The monoisotopic (exact) mass is 810 g/mol. The number of hydrogen-bond acceptors (Lipinski definition) is 20. The third kappa shape index (κ3) is 72100. The topological polar surface area (TPSA) is 604 Å². The van der Waals surface area contributed by atoms with Crippen LogP contribution in [-0.2, 0) is 0 Å². The van der Waals surface area contributed by atoms with Crippen LogP contribution >= 0.6 is 0 Å². The van der Waals surface area contributed by atoms with Crippen molar-refractivity contribution < 1.29 is 150 Å². The van der Waals surface area contributed by atoms with Crippen LogP contribution in [0.5, 0.6) is 0 Å². The van der Waals surface area contributed by atoms with E-state index in [0.29, 0.717) is 0 Å². The van der Waals surface area contributed by atoms with Crippen LogP contribution in [0.4, 0.5) is 47.9 Å². The number of carboxylic acid groups (broad SMARTS) is 20. The van der Waals surface area contributed by atoms with E-state index in [9.17, 15) is 0 Å². The Balaban J connectivity index is -0.0000000169. The van der Waals surface area contributed by atoms with Gasteiger partial charge in [-0.15, -0.1) is 0 Å². The van der Waals surface area contributed by atoms with Crippen LogP contribution in [0, 0.1) is 0 Å². The molecule has 30 nitrogen and oxygen atoms in total. The Kier molecular flexibility index (Phi) is 194. The molecule has 0 saturated heterocycles. The standard InChI is InChI=1S/10CH2O3.5Ca/c10*2-1(3)4;;;;;/h10*(H2,2,3,4);;;;;/q;;;;;;;;;;5*+2/p-10. The summed E-state index contributed by atoms with van der Waals surface area (Å²) in [5.74, 6) is 0. The molecule has 0 aromatic heterocycles. The van der Waals surface area contributed by atoms with Gasteiger partial charge in [0.25, 0.3) is 0 Å². The first-order valence-electron chi connectivity index (χ1n) is 6.32. The summed E-state index contributed by atoms with van der Waals surface area (Å²) in [6.45, 7) is 0. The molecular formula is C10H10Ca5O30. The maximum atomic E-state index is 8.44. The summed E-state index contributed by atoms with van der Waals surface area (Å²) >= 11 is 0. The van der Waals surface area contributed by atoms with E-state index in [4.69, 9.17) is 150 Å². The zero-order chi connectivity index (χ0) is 35.8. The van der Waals surface area contributed by atoms with Gasteiger partial charge in [0.2, 0.25) is 61.6 Å². The largest absolute Gasteiger partial charge is 2.00 e. The molecule has 0 radical (unpaired) electrons. The Bertz CT molecular complexity index is 485. The summed E-state index contributed by atoms with van der Waals surface area (Å²) in [6, 6.07) is 0. The van der Waals surface area contributed by atoms with Gasteiger partial charge >= 0.3 is 189 Å². The van der Waals surface area contributed by atoms with Crippen LogP contribution in [0.25, 0.3) is 0 Å². The van der Waals surface area contributed by atoms with Gasteiger partial charge in [-0.1, -0.05) is 0 Å². The summed E-state index contributed by atoms with van der Waals surface area (Å²) in [5.41, 5.74) is 0. The van der Waals surface area contributed by atoms with Gasteiger partial charge in [-0.25, -0.2) is 0 Å². The van der Waals surface area contributed by atoms with Crippen molar-refractivity contribution in [2.75, 3.05) is 0 Å². The average molecular weight is 811 g/mol. The van der Waals surface area contributed by atoms with Crippen molar-refractivity contribution in [1.29, 1.82) is 0 Å². The number of rotatable bonds is 0. The molecule has 0 heterocycles. The van der Waals surface area contributed by atoms with Crippen molar-refractivity contribution >= 4 is 250 Å². The maximum absolute atomic E-state index is 8.44. The van der Waals surface area contributed by atoms with Crippen molar-refractivity contribution in [3.63, 3.8) is 0 Å². The van der Waals surface area contributed by atoms with Crippen molar-refractivity contribution in [3.05, 3.63) is 0 Å². The van der Waals surface area contributed by atoms with Gasteiger partial charge in [0.05, 0.1) is 0 Å². The molecule has 0 aromatic carbocycles. The van der Waals surface area contributed by atoms with Crippen LogP contribution < -0.4 is 51.1 Å². The quantitative estimate of drug-likeness (QED) is 0.102. The number of hydrogen-bond donors (Lipinski definition) is 10. The first-order chi connectivity index (χ1) is 17.3. The maximum Gasteiger partial charge on any atom is 2.00 e. The fourth-order valence-corrected chi connectivity index (χ4v) is 0. The molecule has 0 unspecified atom stereocenters. The first-order valence-corrected chi connectivity index (χ1v) is 6.32. The van der Waals surface area contributed by atoms with Crippen molar-refractivity contribution in [1.82, 2.24) is 0 Å². The Morgan fingerprint density at radius 2 is 0.200 bits per heavy atom. The van der Waals surface area contributed by atoms with Gasteiger partial charge in [-0.05, 0) is 0 Å². The summed E-state index contributed by atoms with van der Waals surface area (Å²) in [6.07, 6.45) is -20.8. The van der Waals surface area contributed by atoms with E-state index in [1.165, 1.54) is 0 Å².